The van der Waals surface area contributed by atoms with E-state index in [0.717, 1.165) is 13.1 Å². The van der Waals surface area contributed by atoms with E-state index < -0.39 is 0 Å². The van der Waals surface area contributed by atoms with Gasteiger partial charge in [0.25, 0.3) is 0 Å². The molecule has 4 heteroatoms. The zero-order valence-corrected chi connectivity index (χ0v) is 8.31. The summed E-state index contributed by atoms with van der Waals surface area (Å²) >= 11 is 0. The van der Waals surface area contributed by atoms with Crippen molar-refractivity contribution in [1.29, 1.82) is 0 Å². The first-order valence-corrected chi connectivity index (χ1v) is 4.85. The number of hydrogen-bond acceptors (Lipinski definition) is 4. The van der Waals surface area contributed by atoms with Crippen LogP contribution in [0.15, 0.2) is 0 Å². The molecule has 0 aliphatic carbocycles. The molecular formula is C9H18N2O2. The highest BCUT2D eigenvalue weighted by Gasteiger charge is 2.39. The number of hydrogen-bond donors (Lipinski definition) is 1. The summed E-state index contributed by atoms with van der Waals surface area (Å²) in [5.74, 6) is 0. The van der Waals surface area contributed by atoms with Crippen molar-refractivity contribution < 1.29 is 9.84 Å². The second-order valence-corrected chi connectivity index (χ2v) is 4.24. The molecule has 0 spiro atoms. The van der Waals surface area contributed by atoms with Gasteiger partial charge in [0.1, 0.15) is 0 Å². The summed E-state index contributed by atoms with van der Waals surface area (Å²) in [5.41, 5.74) is 0. The fourth-order valence-electron chi connectivity index (χ4n) is 1.97. The van der Waals surface area contributed by atoms with Crippen molar-refractivity contribution >= 4 is 0 Å². The molecule has 2 rings (SSSR count). The Labute approximate surface area is 79.1 Å². The van der Waals surface area contributed by atoms with Crippen LogP contribution in [-0.2, 0) is 4.74 Å². The van der Waals surface area contributed by atoms with Crippen LogP contribution in [0.2, 0.25) is 0 Å². The molecule has 0 amide bonds. The van der Waals surface area contributed by atoms with Crippen LogP contribution in [0.5, 0.6) is 0 Å². The van der Waals surface area contributed by atoms with Gasteiger partial charge in [-0.25, -0.2) is 0 Å². The molecule has 0 unspecified atom stereocenters. The van der Waals surface area contributed by atoms with Crippen molar-refractivity contribution in [2.75, 3.05) is 40.4 Å². The highest BCUT2D eigenvalue weighted by Crippen LogP contribution is 2.21. The second kappa shape index (κ2) is 3.53. The lowest BCUT2D eigenvalue weighted by molar-refractivity contribution is -0.00797. The third kappa shape index (κ3) is 1.72. The minimum atomic E-state index is -0.275. The fourth-order valence-corrected chi connectivity index (χ4v) is 1.97. The molecule has 0 saturated carbocycles. The van der Waals surface area contributed by atoms with Crippen molar-refractivity contribution in [3.05, 3.63) is 0 Å². The van der Waals surface area contributed by atoms with Crippen LogP contribution in [0.1, 0.15) is 0 Å². The Balaban J connectivity index is 1.79. The third-order valence-electron chi connectivity index (χ3n) is 3.11. The lowest BCUT2D eigenvalue weighted by Crippen LogP contribution is -2.62. The van der Waals surface area contributed by atoms with Crippen LogP contribution in [-0.4, -0.2) is 73.5 Å². The minimum absolute atomic E-state index is 0.246. The number of likely N-dealkylation sites (tertiary alicyclic amines) is 1. The first-order valence-electron chi connectivity index (χ1n) is 4.85. The monoisotopic (exact) mass is 186 g/mol. The number of rotatable bonds is 2. The molecule has 0 bridgehead atoms. The Morgan fingerprint density at radius 1 is 1.31 bits per heavy atom. The first kappa shape index (κ1) is 9.40. The Morgan fingerprint density at radius 3 is 2.46 bits per heavy atom. The summed E-state index contributed by atoms with van der Waals surface area (Å²) in [6.07, 6.45) is -0.275. The second-order valence-electron chi connectivity index (χ2n) is 4.24. The van der Waals surface area contributed by atoms with Gasteiger partial charge < -0.3 is 14.7 Å². The number of ether oxygens (including phenoxy) is 1. The highest BCUT2D eigenvalue weighted by atomic mass is 16.5. The summed E-state index contributed by atoms with van der Waals surface area (Å²) in [4.78, 5) is 4.54. The molecule has 76 valence electrons. The van der Waals surface area contributed by atoms with E-state index in [1.165, 1.54) is 0 Å². The highest BCUT2D eigenvalue weighted by molar-refractivity contribution is 4.94. The normalized spacial score (nSPS) is 36.9. The lowest BCUT2D eigenvalue weighted by atomic mass is 10.0. The Bertz CT molecular complexity index is 180. The molecular weight excluding hydrogens is 168 g/mol. The van der Waals surface area contributed by atoms with Gasteiger partial charge in [-0.15, -0.1) is 0 Å². The van der Waals surface area contributed by atoms with Gasteiger partial charge in [0.15, 0.2) is 0 Å². The molecule has 0 radical (unpaired) electrons. The average Bonchev–Trinajstić information content (AvgIpc) is 2.32. The number of likely N-dealkylation sites (N-methyl/N-ethyl adjacent to an activating group) is 1. The molecule has 0 aromatic carbocycles. The minimum Gasteiger partial charge on any atom is -0.389 e. The Morgan fingerprint density at radius 2 is 2.00 bits per heavy atom. The number of aliphatic hydroxyl groups is 1. The predicted molar refractivity (Wildman–Crippen MR) is 49.7 cm³/mol. The number of nitrogens with zero attached hydrogens (tertiary/aromatic N) is 2. The van der Waals surface area contributed by atoms with Gasteiger partial charge in [-0.3, -0.25) is 4.90 Å². The van der Waals surface area contributed by atoms with Crippen molar-refractivity contribution in [1.82, 2.24) is 9.80 Å². The molecule has 2 aliphatic heterocycles. The topological polar surface area (TPSA) is 35.9 Å². The Hall–Kier alpha value is -0.160. The van der Waals surface area contributed by atoms with Gasteiger partial charge >= 0.3 is 0 Å². The van der Waals surface area contributed by atoms with E-state index in [1.54, 1.807) is 0 Å². The zero-order chi connectivity index (χ0) is 9.42. The van der Waals surface area contributed by atoms with Gasteiger partial charge in [0.05, 0.1) is 25.4 Å². The quantitative estimate of drug-likeness (QED) is 0.599. The van der Waals surface area contributed by atoms with E-state index in [4.69, 9.17) is 4.74 Å². The zero-order valence-electron chi connectivity index (χ0n) is 8.31. The smallest absolute Gasteiger partial charge is 0.0950 e. The standard InChI is InChI=1S/C9H18N2O2/c1-10(2)7-3-11(4-7)8-5-13-6-9(8)12/h7-9,12H,3-6H2,1-2H3/t8-,9-/m1/s1. The van der Waals surface area contributed by atoms with E-state index in [0.29, 0.717) is 19.3 Å². The maximum absolute atomic E-state index is 9.57. The molecule has 2 saturated heterocycles. The third-order valence-corrected chi connectivity index (χ3v) is 3.11. The van der Waals surface area contributed by atoms with E-state index in [9.17, 15) is 5.11 Å². The van der Waals surface area contributed by atoms with Gasteiger partial charge in [0, 0.05) is 19.1 Å². The first-order chi connectivity index (χ1) is 6.18. The van der Waals surface area contributed by atoms with Crippen LogP contribution in [0.25, 0.3) is 0 Å². The van der Waals surface area contributed by atoms with Crippen molar-refractivity contribution in [2.24, 2.45) is 0 Å². The summed E-state index contributed by atoms with van der Waals surface area (Å²) in [6.45, 7) is 3.34. The molecule has 2 fully saturated rings. The Kier molecular flexibility index (Phi) is 2.55. The van der Waals surface area contributed by atoms with Gasteiger partial charge in [-0.05, 0) is 14.1 Å². The predicted octanol–water partition coefficient (Wildman–Crippen LogP) is -1.01. The maximum atomic E-state index is 9.57. The summed E-state index contributed by atoms with van der Waals surface area (Å²) in [6, 6.07) is 0.906. The molecule has 2 aliphatic rings. The van der Waals surface area contributed by atoms with E-state index >= 15 is 0 Å². The van der Waals surface area contributed by atoms with E-state index in [1.807, 2.05) is 0 Å². The summed E-state index contributed by atoms with van der Waals surface area (Å²) < 4.78 is 5.22. The van der Waals surface area contributed by atoms with Crippen molar-refractivity contribution in [3.8, 4) is 0 Å². The fraction of sp³-hybridized carbons (Fsp3) is 1.00. The number of aliphatic hydroxyl groups excluding tert-OH is 1. The van der Waals surface area contributed by atoms with Gasteiger partial charge in [-0.2, -0.15) is 0 Å². The van der Waals surface area contributed by atoms with E-state index in [2.05, 4.69) is 23.9 Å². The van der Waals surface area contributed by atoms with Crippen LogP contribution in [0.3, 0.4) is 0 Å². The molecule has 13 heavy (non-hydrogen) atoms. The van der Waals surface area contributed by atoms with E-state index in [-0.39, 0.29) is 12.1 Å². The largest absolute Gasteiger partial charge is 0.389 e. The van der Waals surface area contributed by atoms with Crippen molar-refractivity contribution in [3.63, 3.8) is 0 Å². The van der Waals surface area contributed by atoms with Crippen LogP contribution < -0.4 is 0 Å². The molecule has 4 nitrogen and oxygen atoms in total. The SMILES string of the molecule is CN(C)C1CN([C@@H]2COC[C@H]2O)C1. The summed E-state index contributed by atoms with van der Waals surface area (Å²) in [5, 5.41) is 9.57. The van der Waals surface area contributed by atoms with Gasteiger partial charge in [0.2, 0.25) is 0 Å². The van der Waals surface area contributed by atoms with Crippen molar-refractivity contribution in [2.45, 2.75) is 18.2 Å². The average molecular weight is 186 g/mol. The van der Waals surface area contributed by atoms with Gasteiger partial charge in [-0.1, -0.05) is 0 Å². The summed E-state index contributed by atoms with van der Waals surface area (Å²) in [7, 11) is 4.20. The molecule has 2 heterocycles. The van der Waals surface area contributed by atoms with Crippen LogP contribution >= 0.6 is 0 Å². The van der Waals surface area contributed by atoms with Crippen LogP contribution in [0, 0.1) is 0 Å². The lowest BCUT2D eigenvalue weighted by Gasteiger charge is -2.46. The molecule has 2 atom stereocenters. The molecule has 0 aromatic rings. The molecule has 0 aromatic heterocycles. The molecule has 1 N–H and O–H groups in total. The maximum Gasteiger partial charge on any atom is 0.0950 e. The van der Waals surface area contributed by atoms with Crippen LogP contribution in [0.4, 0.5) is 0 Å².